The third kappa shape index (κ3) is 4.56. The van der Waals surface area contributed by atoms with Crippen molar-refractivity contribution < 1.29 is 14.7 Å². The lowest BCUT2D eigenvalue weighted by Crippen LogP contribution is -2.45. The number of nitrogens with one attached hydrogen (secondary N) is 1. The second kappa shape index (κ2) is 7.94. The quantitative estimate of drug-likeness (QED) is 0.872. The molecule has 0 aromatic heterocycles. The summed E-state index contributed by atoms with van der Waals surface area (Å²) in [6, 6.07) is 6.77. The number of aromatic carboxylic acids is 1. The van der Waals surface area contributed by atoms with Crippen LogP contribution in [0.4, 0.5) is 0 Å². The summed E-state index contributed by atoms with van der Waals surface area (Å²) in [6.45, 7) is 1.56. The minimum Gasteiger partial charge on any atom is -0.478 e. The SMILES string of the molecule is CN1CCCCC[C@@H]1C(=O)NCCc1ccc(C(=O)O)cc1. The first-order valence-electron chi connectivity index (χ1n) is 7.88. The van der Waals surface area contributed by atoms with Crippen molar-refractivity contribution >= 4 is 11.9 Å². The standard InChI is InChI=1S/C17H24N2O3/c1-19-12-4-2-3-5-15(19)16(20)18-11-10-13-6-8-14(9-7-13)17(21)22/h6-9,15H,2-5,10-12H2,1H3,(H,18,20)(H,21,22)/t15-/m1/s1. The Hall–Kier alpha value is -1.88. The number of carboxylic acids is 1. The molecule has 0 aliphatic carbocycles. The van der Waals surface area contributed by atoms with Gasteiger partial charge in [0.15, 0.2) is 0 Å². The van der Waals surface area contributed by atoms with Crippen LogP contribution in [-0.2, 0) is 11.2 Å². The van der Waals surface area contributed by atoms with E-state index in [9.17, 15) is 9.59 Å². The normalized spacial score (nSPS) is 19.4. The highest BCUT2D eigenvalue weighted by atomic mass is 16.4. The minimum absolute atomic E-state index is 0.0168. The summed E-state index contributed by atoms with van der Waals surface area (Å²) in [4.78, 5) is 25.2. The fourth-order valence-electron chi connectivity index (χ4n) is 2.84. The topological polar surface area (TPSA) is 69.6 Å². The molecule has 5 heteroatoms. The van der Waals surface area contributed by atoms with Crippen LogP contribution < -0.4 is 5.32 Å². The first-order valence-corrected chi connectivity index (χ1v) is 7.88. The average Bonchev–Trinajstić information content (AvgIpc) is 2.72. The highest BCUT2D eigenvalue weighted by molar-refractivity contribution is 5.87. The highest BCUT2D eigenvalue weighted by Gasteiger charge is 2.24. The second-order valence-electron chi connectivity index (χ2n) is 5.89. The van der Waals surface area contributed by atoms with Crippen molar-refractivity contribution in [3.05, 3.63) is 35.4 Å². The molecule has 1 aromatic carbocycles. The van der Waals surface area contributed by atoms with Gasteiger partial charge in [-0.15, -0.1) is 0 Å². The lowest BCUT2D eigenvalue weighted by atomic mass is 10.1. The van der Waals surface area contributed by atoms with Crippen molar-refractivity contribution in [1.82, 2.24) is 10.2 Å². The van der Waals surface area contributed by atoms with Crippen molar-refractivity contribution in [3.8, 4) is 0 Å². The number of carboxylic acid groups (broad SMARTS) is 1. The molecule has 1 fully saturated rings. The molecule has 0 unspecified atom stereocenters. The molecule has 1 atom stereocenters. The molecule has 120 valence electrons. The molecular formula is C17H24N2O3. The average molecular weight is 304 g/mol. The van der Waals surface area contributed by atoms with Gasteiger partial charge in [-0.25, -0.2) is 4.79 Å². The maximum atomic E-state index is 12.3. The number of benzene rings is 1. The summed E-state index contributed by atoms with van der Waals surface area (Å²) in [7, 11) is 2.01. The van der Waals surface area contributed by atoms with Gasteiger partial charge < -0.3 is 10.4 Å². The fourth-order valence-corrected chi connectivity index (χ4v) is 2.84. The van der Waals surface area contributed by atoms with E-state index in [0.29, 0.717) is 13.0 Å². The van der Waals surface area contributed by atoms with Gasteiger partial charge in [-0.3, -0.25) is 9.69 Å². The predicted octanol–water partition coefficient (Wildman–Crippen LogP) is 1.92. The third-order valence-electron chi connectivity index (χ3n) is 4.24. The fraction of sp³-hybridized carbons (Fsp3) is 0.529. The molecule has 0 saturated carbocycles. The van der Waals surface area contributed by atoms with Crippen LogP contribution in [0, 0.1) is 0 Å². The number of amides is 1. The number of carbonyl (C=O) groups excluding carboxylic acids is 1. The van der Waals surface area contributed by atoms with E-state index in [2.05, 4.69) is 10.2 Å². The number of hydrogen-bond donors (Lipinski definition) is 2. The van der Waals surface area contributed by atoms with Gasteiger partial charge in [0.05, 0.1) is 11.6 Å². The molecule has 2 rings (SSSR count). The van der Waals surface area contributed by atoms with Crippen molar-refractivity contribution in [1.29, 1.82) is 0 Å². The number of rotatable bonds is 5. The van der Waals surface area contributed by atoms with E-state index >= 15 is 0 Å². The van der Waals surface area contributed by atoms with E-state index in [1.54, 1.807) is 24.3 Å². The highest BCUT2D eigenvalue weighted by Crippen LogP contribution is 2.15. The molecule has 1 amide bonds. The Morgan fingerprint density at radius 3 is 2.64 bits per heavy atom. The zero-order chi connectivity index (χ0) is 15.9. The van der Waals surface area contributed by atoms with Gasteiger partial charge in [0.2, 0.25) is 5.91 Å². The van der Waals surface area contributed by atoms with Gasteiger partial charge in [0.1, 0.15) is 0 Å². The Bertz CT molecular complexity index is 513. The third-order valence-corrected chi connectivity index (χ3v) is 4.24. The molecule has 0 bridgehead atoms. The van der Waals surface area contributed by atoms with Crippen LogP contribution in [0.25, 0.3) is 0 Å². The molecule has 2 N–H and O–H groups in total. The summed E-state index contributed by atoms with van der Waals surface area (Å²) < 4.78 is 0. The van der Waals surface area contributed by atoms with Gasteiger partial charge in [-0.1, -0.05) is 25.0 Å². The lowest BCUT2D eigenvalue weighted by molar-refractivity contribution is -0.126. The van der Waals surface area contributed by atoms with E-state index < -0.39 is 5.97 Å². The largest absolute Gasteiger partial charge is 0.478 e. The molecule has 1 saturated heterocycles. The Morgan fingerprint density at radius 1 is 1.23 bits per heavy atom. The molecule has 1 aliphatic rings. The first kappa shape index (κ1) is 16.5. The van der Waals surface area contributed by atoms with Crippen molar-refractivity contribution in [2.75, 3.05) is 20.1 Å². The van der Waals surface area contributed by atoms with E-state index in [-0.39, 0.29) is 17.5 Å². The Kier molecular flexibility index (Phi) is 5.95. The second-order valence-corrected chi connectivity index (χ2v) is 5.89. The molecule has 0 spiro atoms. The van der Waals surface area contributed by atoms with Crippen LogP contribution in [-0.4, -0.2) is 48.1 Å². The van der Waals surface area contributed by atoms with Crippen LogP contribution >= 0.6 is 0 Å². The maximum Gasteiger partial charge on any atom is 0.335 e. The van der Waals surface area contributed by atoms with Gasteiger partial charge in [0.25, 0.3) is 0 Å². The number of likely N-dealkylation sites (N-methyl/N-ethyl adjacent to an activating group) is 1. The monoisotopic (exact) mass is 304 g/mol. The minimum atomic E-state index is -0.920. The van der Waals surface area contributed by atoms with Crippen LogP contribution in [0.15, 0.2) is 24.3 Å². The zero-order valence-electron chi connectivity index (χ0n) is 13.0. The Balaban J connectivity index is 1.79. The molecule has 22 heavy (non-hydrogen) atoms. The first-order chi connectivity index (χ1) is 10.6. The van der Waals surface area contributed by atoms with Crippen molar-refractivity contribution in [2.24, 2.45) is 0 Å². The van der Waals surface area contributed by atoms with Crippen molar-refractivity contribution in [3.63, 3.8) is 0 Å². The lowest BCUT2D eigenvalue weighted by Gasteiger charge is -2.24. The molecule has 1 aromatic rings. The smallest absolute Gasteiger partial charge is 0.335 e. The molecule has 1 aliphatic heterocycles. The van der Waals surface area contributed by atoms with Crippen LogP contribution in [0.1, 0.15) is 41.6 Å². The number of hydrogen-bond acceptors (Lipinski definition) is 3. The summed E-state index contributed by atoms with van der Waals surface area (Å²) in [5, 5.41) is 11.9. The number of nitrogens with zero attached hydrogens (tertiary/aromatic N) is 1. The Labute approximate surface area is 131 Å². The molecule has 1 heterocycles. The summed E-state index contributed by atoms with van der Waals surface area (Å²) in [6.07, 6.45) is 5.11. The van der Waals surface area contributed by atoms with Crippen molar-refractivity contribution in [2.45, 2.75) is 38.1 Å². The van der Waals surface area contributed by atoms with Crippen LogP contribution in [0.2, 0.25) is 0 Å². The summed E-state index contributed by atoms with van der Waals surface area (Å²) in [5.74, 6) is -0.817. The van der Waals surface area contributed by atoms with Gasteiger partial charge in [-0.05, 0) is 50.6 Å². The van der Waals surface area contributed by atoms with E-state index in [1.807, 2.05) is 7.05 Å². The number of likely N-dealkylation sites (tertiary alicyclic amines) is 1. The van der Waals surface area contributed by atoms with Gasteiger partial charge >= 0.3 is 5.97 Å². The van der Waals surface area contributed by atoms with Crippen LogP contribution in [0.5, 0.6) is 0 Å². The van der Waals surface area contributed by atoms with Gasteiger partial charge in [-0.2, -0.15) is 0 Å². The zero-order valence-corrected chi connectivity index (χ0v) is 13.0. The maximum absolute atomic E-state index is 12.3. The van der Waals surface area contributed by atoms with Gasteiger partial charge in [0, 0.05) is 6.54 Å². The van der Waals surface area contributed by atoms with E-state index in [0.717, 1.165) is 31.4 Å². The van der Waals surface area contributed by atoms with E-state index in [1.165, 1.54) is 6.42 Å². The van der Waals surface area contributed by atoms with Crippen LogP contribution in [0.3, 0.4) is 0 Å². The summed E-state index contributed by atoms with van der Waals surface area (Å²) in [5.41, 5.74) is 1.31. The molecule has 5 nitrogen and oxygen atoms in total. The molecule has 0 radical (unpaired) electrons. The van der Waals surface area contributed by atoms with E-state index in [4.69, 9.17) is 5.11 Å². The Morgan fingerprint density at radius 2 is 1.95 bits per heavy atom. The predicted molar refractivity (Wildman–Crippen MR) is 85.0 cm³/mol. The summed E-state index contributed by atoms with van der Waals surface area (Å²) >= 11 is 0. The number of carbonyl (C=O) groups is 2. The molecular weight excluding hydrogens is 280 g/mol.